The maximum atomic E-state index is 11.1. The minimum Gasteiger partial charge on any atom is -0.493 e. The quantitative estimate of drug-likeness (QED) is 0.806. The summed E-state index contributed by atoms with van der Waals surface area (Å²) >= 11 is 0. The van der Waals surface area contributed by atoms with Gasteiger partial charge in [-0.3, -0.25) is 4.79 Å². The number of carbonyl (C=O) groups excluding carboxylic acids is 1. The first-order chi connectivity index (χ1) is 8.65. The van der Waals surface area contributed by atoms with Gasteiger partial charge in [-0.2, -0.15) is 0 Å². The second-order valence-corrected chi connectivity index (χ2v) is 3.51. The van der Waals surface area contributed by atoms with E-state index in [0.29, 0.717) is 23.8 Å². The van der Waals surface area contributed by atoms with Crippen LogP contribution in [0.4, 0.5) is 0 Å². The van der Waals surface area contributed by atoms with E-state index in [9.17, 15) is 4.79 Å². The molecule has 1 rings (SSSR count). The van der Waals surface area contributed by atoms with E-state index >= 15 is 0 Å². The minimum atomic E-state index is -0.219. The van der Waals surface area contributed by atoms with Crippen LogP contribution >= 0.6 is 12.4 Å². The molecule has 3 N–H and O–H groups in total. The number of halogens is 1. The van der Waals surface area contributed by atoms with E-state index < -0.39 is 0 Å². The molecule has 0 aliphatic carbocycles. The Morgan fingerprint density at radius 2 is 1.68 bits per heavy atom. The Bertz CT molecular complexity index is 401. The summed E-state index contributed by atoms with van der Waals surface area (Å²) in [4.78, 5) is 11.1. The predicted octanol–water partition coefficient (Wildman–Crippen LogP) is 0.709. The fourth-order valence-electron chi connectivity index (χ4n) is 1.51. The number of hydrogen-bond donors (Lipinski definition) is 2. The lowest BCUT2D eigenvalue weighted by Gasteiger charge is -2.14. The third-order valence-corrected chi connectivity index (χ3v) is 2.40. The first kappa shape index (κ1) is 17.3. The largest absolute Gasteiger partial charge is 0.493 e. The van der Waals surface area contributed by atoms with Crippen molar-refractivity contribution < 1.29 is 19.0 Å². The number of methoxy groups -OCH3 is 3. The molecule has 1 aromatic rings. The van der Waals surface area contributed by atoms with Gasteiger partial charge in [-0.25, -0.2) is 0 Å². The van der Waals surface area contributed by atoms with Crippen LogP contribution in [-0.2, 0) is 11.3 Å². The lowest BCUT2D eigenvalue weighted by atomic mass is 10.1. The first-order valence-corrected chi connectivity index (χ1v) is 5.41. The Kier molecular flexibility index (Phi) is 7.71. The Morgan fingerprint density at radius 1 is 1.16 bits per heavy atom. The summed E-state index contributed by atoms with van der Waals surface area (Å²) in [5.74, 6) is 1.40. The van der Waals surface area contributed by atoms with Gasteiger partial charge in [0.25, 0.3) is 0 Å². The summed E-state index contributed by atoms with van der Waals surface area (Å²) in [5, 5.41) is 2.67. The van der Waals surface area contributed by atoms with E-state index in [-0.39, 0.29) is 24.9 Å². The molecule has 0 heterocycles. The van der Waals surface area contributed by atoms with Gasteiger partial charge in [-0.15, -0.1) is 12.4 Å². The van der Waals surface area contributed by atoms with E-state index in [1.165, 1.54) is 7.11 Å². The smallest absolute Gasteiger partial charge is 0.234 e. The molecule has 0 spiro atoms. The van der Waals surface area contributed by atoms with Crippen LogP contribution in [0, 0.1) is 0 Å². The maximum Gasteiger partial charge on any atom is 0.234 e. The van der Waals surface area contributed by atoms with Gasteiger partial charge in [0.1, 0.15) is 0 Å². The van der Waals surface area contributed by atoms with Crippen LogP contribution in [0.2, 0.25) is 0 Å². The van der Waals surface area contributed by atoms with Crippen LogP contribution in [-0.4, -0.2) is 33.8 Å². The molecule has 0 aliphatic heterocycles. The highest BCUT2D eigenvalue weighted by atomic mass is 35.5. The number of rotatable bonds is 6. The third kappa shape index (κ3) is 4.50. The molecule has 0 aromatic heterocycles. The van der Waals surface area contributed by atoms with Crippen molar-refractivity contribution in [1.29, 1.82) is 0 Å². The summed E-state index contributed by atoms with van der Waals surface area (Å²) in [6.07, 6.45) is 0. The van der Waals surface area contributed by atoms with E-state index in [1.54, 1.807) is 26.4 Å². The second-order valence-electron chi connectivity index (χ2n) is 3.51. The van der Waals surface area contributed by atoms with Crippen molar-refractivity contribution in [3.63, 3.8) is 0 Å². The van der Waals surface area contributed by atoms with Crippen LogP contribution in [0.1, 0.15) is 5.56 Å². The lowest BCUT2D eigenvalue weighted by Crippen LogP contribution is -2.29. The van der Waals surface area contributed by atoms with Gasteiger partial charge in [0.15, 0.2) is 11.5 Å². The molecular weight excluding hydrogens is 272 g/mol. The summed E-state index contributed by atoms with van der Waals surface area (Å²) in [6, 6.07) is 3.55. The standard InChI is InChI=1S/C12H18N2O4.ClH/c1-16-9-4-8(7-14-11(15)6-13)5-10(17-2)12(9)18-3;/h4-5H,6-7,13H2,1-3H3,(H,14,15);1H. The van der Waals surface area contributed by atoms with Crippen molar-refractivity contribution in [2.75, 3.05) is 27.9 Å². The molecule has 0 unspecified atom stereocenters. The zero-order valence-corrected chi connectivity index (χ0v) is 12.0. The van der Waals surface area contributed by atoms with Crippen molar-refractivity contribution in [1.82, 2.24) is 5.32 Å². The zero-order chi connectivity index (χ0) is 13.5. The summed E-state index contributed by atoms with van der Waals surface area (Å²) in [7, 11) is 4.62. The molecule has 0 bridgehead atoms. The van der Waals surface area contributed by atoms with Crippen molar-refractivity contribution in [3.8, 4) is 17.2 Å². The first-order valence-electron chi connectivity index (χ1n) is 5.41. The fourth-order valence-corrected chi connectivity index (χ4v) is 1.51. The van der Waals surface area contributed by atoms with Crippen LogP contribution in [0.3, 0.4) is 0 Å². The number of hydrogen-bond acceptors (Lipinski definition) is 5. The van der Waals surface area contributed by atoms with Crippen molar-refractivity contribution in [2.45, 2.75) is 6.54 Å². The summed E-state index contributed by atoms with van der Waals surface area (Å²) < 4.78 is 15.6. The van der Waals surface area contributed by atoms with Crippen LogP contribution < -0.4 is 25.3 Å². The average Bonchev–Trinajstić information content (AvgIpc) is 2.43. The monoisotopic (exact) mass is 290 g/mol. The molecule has 0 saturated heterocycles. The minimum absolute atomic E-state index is 0. The van der Waals surface area contributed by atoms with E-state index in [2.05, 4.69) is 5.32 Å². The number of nitrogens with two attached hydrogens (primary N) is 1. The fraction of sp³-hybridized carbons (Fsp3) is 0.417. The second kappa shape index (κ2) is 8.44. The maximum absolute atomic E-state index is 11.1. The number of amides is 1. The van der Waals surface area contributed by atoms with Crippen LogP contribution in [0.5, 0.6) is 17.2 Å². The van der Waals surface area contributed by atoms with Gasteiger partial charge in [-0.05, 0) is 17.7 Å². The molecule has 0 aliphatic rings. The van der Waals surface area contributed by atoms with Gasteiger partial charge in [0, 0.05) is 6.54 Å². The van der Waals surface area contributed by atoms with Crippen LogP contribution in [0.25, 0.3) is 0 Å². The van der Waals surface area contributed by atoms with Gasteiger partial charge in [-0.1, -0.05) is 0 Å². The average molecular weight is 291 g/mol. The molecular formula is C12H19ClN2O4. The van der Waals surface area contributed by atoms with Gasteiger partial charge in [0.2, 0.25) is 11.7 Å². The van der Waals surface area contributed by atoms with Crippen molar-refractivity contribution in [2.24, 2.45) is 5.73 Å². The summed E-state index contributed by atoms with van der Waals surface area (Å²) in [6.45, 7) is 0.317. The third-order valence-electron chi connectivity index (χ3n) is 2.40. The van der Waals surface area contributed by atoms with E-state index in [0.717, 1.165) is 5.56 Å². The van der Waals surface area contributed by atoms with E-state index in [4.69, 9.17) is 19.9 Å². The highest BCUT2D eigenvalue weighted by Gasteiger charge is 2.13. The molecule has 0 atom stereocenters. The van der Waals surface area contributed by atoms with Gasteiger partial charge >= 0.3 is 0 Å². The number of ether oxygens (including phenoxy) is 3. The Balaban J connectivity index is 0.00000324. The normalized spacial score (nSPS) is 9.26. The zero-order valence-electron chi connectivity index (χ0n) is 11.2. The van der Waals surface area contributed by atoms with Gasteiger partial charge in [0.05, 0.1) is 27.9 Å². The summed E-state index contributed by atoms with van der Waals surface area (Å²) in [5.41, 5.74) is 6.05. The molecule has 19 heavy (non-hydrogen) atoms. The Morgan fingerprint density at radius 3 is 2.05 bits per heavy atom. The molecule has 1 amide bonds. The van der Waals surface area contributed by atoms with Crippen molar-refractivity contribution in [3.05, 3.63) is 17.7 Å². The Hall–Kier alpha value is -1.66. The molecule has 7 heteroatoms. The Labute approximate surface area is 118 Å². The van der Waals surface area contributed by atoms with Gasteiger partial charge < -0.3 is 25.3 Å². The number of benzene rings is 1. The highest BCUT2D eigenvalue weighted by Crippen LogP contribution is 2.38. The molecule has 6 nitrogen and oxygen atoms in total. The molecule has 108 valence electrons. The molecule has 0 saturated carbocycles. The topological polar surface area (TPSA) is 82.8 Å². The molecule has 0 fully saturated rings. The van der Waals surface area contributed by atoms with Crippen molar-refractivity contribution >= 4 is 18.3 Å². The number of carbonyl (C=O) groups is 1. The SMILES string of the molecule is COc1cc(CNC(=O)CN)cc(OC)c1OC.Cl. The molecule has 1 aromatic carbocycles. The molecule has 0 radical (unpaired) electrons. The number of nitrogens with one attached hydrogen (secondary N) is 1. The van der Waals surface area contributed by atoms with Crippen LogP contribution in [0.15, 0.2) is 12.1 Å². The lowest BCUT2D eigenvalue weighted by molar-refractivity contribution is -0.119. The highest BCUT2D eigenvalue weighted by molar-refractivity contribution is 5.85. The predicted molar refractivity (Wildman–Crippen MR) is 74.2 cm³/mol. The van der Waals surface area contributed by atoms with E-state index in [1.807, 2.05) is 0 Å².